The van der Waals surface area contributed by atoms with Gasteiger partial charge in [-0.1, -0.05) is 12.8 Å². The number of aliphatic hydroxyl groups is 1. The quantitative estimate of drug-likeness (QED) is 0.893. The number of rotatable bonds is 4. The zero-order chi connectivity index (χ0) is 11.4. The van der Waals surface area contributed by atoms with Crippen LogP contribution in [0.25, 0.3) is 0 Å². The van der Waals surface area contributed by atoms with E-state index in [0.717, 1.165) is 10.2 Å². The molecule has 0 spiro atoms. The van der Waals surface area contributed by atoms with Gasteiger partial charge in [0.05, 0.1) is 18.3 Å². The van der Waals surface area contributed by atoms with Crippen molar-refractivity contribution in [2.24, 2.45) is 0 Å². The molecule has 3 nitrogen and oxygen atoms in total. The molecule has 0 saturated heterocycles. The van der Waals surface area contributed by atoms with Crippen molar-refractivity contribution in [2.45, 2.75) is 37.8 Å². The topological polar surface area (TPSA) is 45.1 Å². The summed E-state index contributed by atoms with van der Waals surface area (Å²) in [5.41, 5.74) is 0.914. The van der Waals surface area contributed by atoms with Crippen LogP contribution in [0.1, 0.15) is 37.4 Å². The Morgan fingerprint density at radius 1 is 1.44 bits per heavy atom. The van der Waals surface area contributed by atoms with Gasteiger partial charge < -0.3 is 10.4 Å². The van der Waals surface area contributed by atoms with Crippen LogP contribution in [0.5, 0.6) is 0 Å². The minimum atomic E-state index is -0.0313. The van der Waals surface area contributed by atoms with Gasteiger partial charge in [0.2, 0.25) is 0 Å². The largest absolute Gasteiger partial charge is 0.394 e. The fourth-order valence-electron chi connectivity index (χ4n) is 2.20. The van der Waals surface area contributed by atoms with E-state index in [1.54, 1.807) is 6.20 Å². The van der Waals surface area contributed by atoms with Crippen LogP contribution in [0.3, 0.4) is 0 Å². The van der Waals surface area contributed by atoms with Crippen LogP contribution in [-0.2, 0) is 0 Å². The second kappa shape index (κ2) is 5.75. The van der Waals surface area contributed by atoms with Crippen molar-refractivity contribution in [1.29, 1.82) is 0 Å². The van der Waals surface area contributed by atoms with Crippen molar-refractivity contribution >= 4 is 15.9 Å². The second-order valence-electron chi connectivity index (χ2n) is 4.28. The minimum absolute atomic E-state index is 0.0313. The molecule has 88 valence electrons. The van der Waals surface area contributed by atoms with E-state index in [0.29, 0.717) is 6.04 Å². The van der Waals surface area contributed by atoms with Gasteiger partial charge in [-0.15, -0.1) is 0 Å². The van der Waals surface area contributed by atoms with E-state index in [4.69, 9.17) is 0 Å². The van der Waals surface area contributed by atoms with Gasteiger partial charge in [0, 0.05) is 16.7 Å². The number of pyridine rings is 1. The molecule has 0 bridgehead atoms. The van der Waals surface area contributed by atoms with Gasteiger partial charge >= 0.3 is 0 Å². The van der Waals surface area contributed by atoms with Crippen molar-refractivity contribution in [2.75, 3.05) is 6.61 Å². The maximum atomic E-state index is 9.39. The van der Waals surface area contributed by atoms with Crippen LogP contribution in [0, 0.1) is 0 Å². The Bertz CT molecular complexity index is 322. The summed E-state index contributed by atoms with van der Waals surface area (Å²) in [6, 6.07) is 4.42. The van der Waals surface area contributed by atoms with Crippen molar-refractivity contribution in [1.82, 2.24) is 10.3 Å². The van der Waals surface area contributed by atoms with E-state index in [2.05, 4.69) is 26.2 Å². The number of aliphatic hydroxyl groups excluding tert-OH is 1. The van der Waals surface area contributed by atoms with E-state index < -0.39 is 0 Å². The summed E-state index contributed by atoms with van der Waals surface area (Å²) in [5, 5.41) is 12.9. The highest BCUT2D eigenvalue weighted by molar-refractivity contribution is 9.10. The van der Waals surface area contributed by atoms with Crippen molar-refractivity contribution in [3.63, 3.8) is 0 Å². The molecule has 1 aromatic heterocycles. The number of nitrogens with one attached hydrogen (secondary N) is 1. The average molecular weight is 285 g/mol. The highest BCUT2D eigenvalue weighted by Gasteiger charge is 2.20. The number of aromatic nitrogens is 1. The predicted molar refractivity (Wildman–Crippen MR) is 67.2 cm³/mol. The molecule has 4 heteroatoms. The summed E-state index contributed by atoms with van der Waals surface area (Å²) in [5.74, 6) is 0. The normalized spacial score (nSPS) is 18.9. The first-order valence-electron chi connectivity index (χ1n) is 5.78. The van der Waals surface area contributed by atoms with Gasteiger partial charge in [0.15, 0.2) is 0 Å². The molecule has 16 heavy (non-hydrogen) atoms. The van der Waals surface area contributed by atoms with Gasteiger partial charge in [0.25, 0.3) is 0 Å². The van der Waals surface area contributed by atoms with E-state index in [9.17, 15) is 5.11 Å². The van der Waals surface area contributed by atoms with Gasteiger partial charge in [-0.3, -0.25) is 4.98 Å². The number of hydrogen-bond donors (Lipinski definition) is 2. The van der Waals surface area contributed by atoms with Crippen molar-refractivity contribution in [3.05, 3.63) is 28.5 Å². The molecule has 0 aromatic carbocycles. The Morgan fingerprint density at radius 3 is 2.75 bits per heavy atom. The number of nitrogens with zero attached hydrogens (tertiary/aromatic N) is 1. The Balaban J connectivity index is 2.00. The third-order valence-corrected chi connectivity index (χ3v) is 3.55. The first-order chi connectivity index (χ1) is 7.79. The smallest absolute Gasteiger partial charge is 0.0732 e. The SMILES string of the molecule is OCC(NC1CCCC1)c1ccc(Br)cn1. The molecule has 0 aliphatic heterocycles. The van der Waals surface area contributed by atoms with Crippen LogP contribution >= 0.6 is 15.9 Å². The Hall–Kier alpha value is -0.450. The third kappa shape index (κ3) is 3.03. The molecule has 1 atom stereocenters. The van der Waals surface area contributed by atoms with E-state index in [-0.39, 0.29) is 12.6 Å². The lowest BCUT2D eigenvalue weighted by atomic mass is 10.1. The molecule has 1 heterocycles. The first-order valence-corrected chi connectivity index (χ1v) is 6.57. The lowest BCUT2D eigenvalue weighted by Gasteiger charge is -2.20. The molecule has 1 aromatic rings. The Kier molecular flexibility index (Phi) is 4.32. The lowest BCUT2D eigenvalue weighted by Crippen LogP contribution is -2.33. The molecule has 0 amide bonds. The van der Waals surface area contributed by atoms with Crippen molar-refractivity contribution < 1.29 is 5.11 Å². The maximum Gasteiger partial charge on any atom is 0.0732 e. The molecule has 0 radical (unpaired) electrons. The lowest BCUT2D eigenvalue weighted by molar-refractivity contribution is 0.230. The summed E-state index contributed by atoms with van der Waals surface area (Å²) in [7, 11) is 0. The van der Waals surface area contributed by atoms with Gasteiger partial charge in [0.1, 0.15) is 0 Å². The molecule has 2 rings (SSSR count). The Labute approximate surface area is 104 Å². The Morgan fingerprint density at radius 2 is 2.19 bits per heavy atom. The predicted octanol–water partition coefficient (Wildman–Crippen LogP) is 2.41. The molecule has 1 fully saturated rings. The van der Waals surface area contributed by atoms with Crippen molar-refractivity contribution in [3.8, 4) is 0 Å². The van der Waals surface area contributed by atoms with Gasteiger partial charge in [-0.2, -0.15) is 0 Å². The first kappa shape index (κ1) is 12.0. The van der Waals surface area contributed by atoms with E-state index in [1.165, 1.54) is 25.7 Å². The molecule has 1 aliphatic rings. The van der Waals surface area contributed by atoms with Gasteiger partial charge in [-0.05, 0) is 40.9 Å². The number of hydrogen-bond acceptors (Lipinski definition) is 3. The average Bonchev–Trinajstić information content (AvgIpc) is 2.80. The fourth-order valence-corrected chi connectivity index (χ4v) is 2.44. The molecule has 1 saturated carbocycles. The highest BCUT2D eigenvalue weighted by atomic mass is 79.9. The summed E-state index contributed by atoms with van der Waals surface area (Å²) >= 11 is 3.36. The minimum Gasteiger partial charge on any atom is -0.394 e. The monoisotopic (exact) mass is 284 g/mol. The van der Waals surface area contributed by atoms with Crippen LogP contribution in [0.4, 0.5) is 0 Å². The molecule has 1 unspecified atom stereocenters. The van der Waals surface area contributed by atoms with E-state index in [1.807, 2.05) is 12.1 Å². The molecule has 1 aliphatic carbocycles. The zero-order valence-corrected chi connectivity index (χ0v) is 10.8. The summed E-state index contributed by atoms with van der Waals surface area (Å²) < 4.78 is 0.966. The molecular weight excluding hydrogens is 268 g/mol. The van der Waals surface area contributed by atoms with Crippen LogP contribution in [0.15, 0.2) is 22.8 Å². The second-order valence-corrected chi connectivity index (χ2v) is 5.20. The number of halogens is 1. The highest BCUT2D eigenvalue weighted by Crippen LogP contribution is 2.21. The zero-order valence-electron chi connectivity index (χ0n) is 9.19. The summed E-state index contributed by atoms with van der Waals surface area (Å²) in [4.78, 5) is 4.32. The fraction of sp³-hybridized carbons (Fsp3) is 0.583. The van der Waals surface area contributed by atoms with Crippen LogP contribution in [0.2, 0.25) is 0 Å². The maximum absolute atomic E-state index is 9.39. The van der Waals surface area contributed by atoms with Crippen LogP contribution < -0.4 is 5.32 Å². The van der Waals surface area contributed by atoms with Crippen LogP contribution in [-0.4, -0.2) is 22.7 Å². The van der Waals surface area contributed by atoms with E-state index >= 15 is 0 Å². The summed E-state index contributed by atoms with van der Waals surface area (Å²) in [6.45, 7) is 0.102. The standard InChI is InChI=1S/C12H17BrN2O/c13-9-5-6-11(14-7-9)12(8-16)15-10-3-1-2-4-10/h5-7,10,12,15-16H,1-4,8H2. The third-order valence-electron chi connectivity index (χ3n) is 3.08. The molecular formula is C12H17BrN2O. The molecule has 2 N–H and O–H groups in total. The van der Waals surface area contributed by atoms with Gasteiger partial charge in [-0.25, -0.2) is 0 Å². The summed E-state index contributed by atoms with van der Waals surface area (Å²) in [6.07, 6.45) is 6.79.